The molecule has 59 heavy (non-hydrogen) atoms. The molecule has 5 aromatic carbocycles. The fourth-order valence-corrected chi connectivity index (χ4v) is 10.7. The van der Waals surface area contributed by atoms with Crippen molar-refractivity contribution in [2.24, 2.45) is 0 Å². The third-order valence-electron chi connectivity index (χ3n) is 9.05. The van der Waals surface area contributed by atoms with Gasteiger partial charge >= 0.3 is 0 Å². The van der Waals surface area contributed by atoms with E-state index in [1.807, 2.05) is 30.3 Å². The van der Waals surface area contributed by atoms with Gasteiger partial charge in [-0.25, -0.2) is 25.4 Å². The number of amides is 2. The topological polar surface area (TPSA) is 162 Å². The Labute approximate surface area is 345 Å². The highest BCUT2D eigenvalue weighted by Crippen LogP contribution is 2.41. The van der Waals surface area contributed by atoms with E-state index < -0.39 is 42.9 Å². The average molecular weight is 835 g/mol. The molecule has 14 heteroatoms. The predicted octanol–water partition coefficient (Wildman–Crippen LogP) is 8.16. The summed E-state index contributed by atoms with van der Waals surface area (Å²) < 4.78 is 60.8. The number of phenolic OH excluding ortho intramolecular Hbond substituents is 1. The highest BCUT2D eigenvalue weighted by Gasteiger charge is 2.50. The molecule has 0 aromatic heterocycles. The summed E-state index contributed by atoms with van der Waals surface area (Å²) in [5.74, 6) is -0.437. The first-order valence-corrected chi connectivity index (χ1v) is 21.6. The maximum Gasteiger partial charge on any atom is 0.285 e. The minimum atomic E-state index is -4.03. The van der Waals surface area contributed by atoms with Gasteiger partial charge in [-0.3, -0.25) is 9.59 Å². The van der Waals surface area contributed by atoms with Crippen LogP contribution in [0.3, 0.4) is 0 Å². The number of nitrogens with zero attached hydrogens (tertiary/aromatic N) is 2. The molecule has 0 atom stereocenters. The first kappa shape index (κ1) is 42.2. The summed E-state index contributed by atoms with van der Waals surface area (Å²) in [5.41, 5.74) is 1.27. The number of anilines is 2. The maximum atomic E-state index is 13.4. The van der Waals surface area contributed by atoms with E-state index in [0.717, 1.165) is 14.2 Å². The van der Waals surface area contributed by atoms with Crippen molar-refractivity contribution in [2.45, 2.75) is 59.2 Å². The van der Waals surface area contributed by atoms with E-state index in [2.05, 4.69) is 10.6 Å². The van der Waals surface area contributed by atoms with Gasteiger partial charge in [0.15, 0.2) is 0 Å². The number of sulfonamides is 2. The van der Waals surface area contributed by atoms with Gasteiger partial charge in [-0.15, -0.1) is 0 Å². The molecule has 3 N–H and O–H groups in total. The molecule has 0 radical (unpaired) electrons. The molecule has 0 bridgehead atoms. The number of ether oxygens (including phenoxy) is 1. The Morgan fingerprint density at radius 2 is 0.881 bits per heavy atom. The fraction of sp³-hybridized carbons (Fsp3) is 0.200. The van der Waals surface area contributed by atoms with Crippen LogP contribution in [-0.4, -0.2) is 53.4 Å². The maximum absolute atomic E-state index is 13.4. The summed E-state index contributed by atoms with van der Waals surface area (Å²) in [7, 11) is -8.04. The fourth-order valence-electron chi connectivity index (χ4n) is 6.58. The minimum absolute atomic E-state index is 0.00295. The standard InChI is InChI=1S/C26H26N2O4S.C19H20N2O4S/c1-26(2,3)28-25(29)23(24(33(28,30)31)20-12-8-5-9-13-20)27-21-14-16-22(17-15-21)32-18-19-10-6-4-7-11-19;1-19(2,3)21-18(23)16(20-14-9-11-15(22)12-10-14)17(26(21,24)25)13-7-5-4-6-8-13/h4-17,27H,18H2,1-3H3;4-12,20,22H,1-3H3. The molecule has 0 spiro atoms. The summed E-state index contributed by atoms with van der Waals surface area (Å²) in [5, 5.41) is 15.4. The van der Waals surface area contributed by atoms with Gasteiger partial charge in [0, 0.05) is 11.4 Å². The number of phenols is 1. The van der Waals surface area contributed by atoms with Crippen molar-refractivity contribution in [1.82, 2.24) is 8.61 Å². The Morgan fingerprint density at radius 3 is 1.25 bits per heavy atom. The van der Waals surface area contributed by atoms with Gasteiger partial charge in [-0.05, 0) is 107 Å². The Hall–Kier alpha value is -6.38. The highest BCUT2D eigenvalue weighted by molar-refractivity contribution is 8.00. The lowest BCUT2D eigenvalue weighted by Gasteiger charge is -2.30. The first-order valence-electron chi connectivity index (χ1n) is 18.7. The third-order valence-corrected chi connectivity index (χ3v) is 13.3. The summed E-state index contributed by atoms with van der Waals surface area (Å²) in [6.07, 6.45) is 0. The van der Waals surface area contributed by atoms with E-state index in [4.69, 9.17) is 4.74 Å². The molecular weight excluding hydrogens is 789 g/mol. The van der Waals surface area contributed by atoms with E-state index in [0.29, 0.717) is 34.9 Å². The zero-order chi connectivity index (χ0) is 42.8. The van der Waals surface area contributed by atoms with Crippen molar-refractivity contribution in [1.29, 1.82) is 0 Å². The number of hydrogen-bond acceptors (Lipinski definition) is 10. The number of carbonyl (C=O) groups is 2. The van der Waals surface area contributed by atoms with E-state index in [1.54, 1.807) is 139 Å². The predicted molar refractivity (Wildman–Crippen MR) is 230 cm³/mol. The number of benzene rings is 5. The second-order valence-corrected chi connectivity index (χ2v) is 19.2. The van der Waals surface area contributed by atoms with Crippen molar-refractivity contribution in [3.63, 3.8) is 0 Å². The van der Waals surface area contributed by atoms with Crippen LogP contribution in [0, 0.1) is 0 Å². The van der Waals surface area contributed by atoms with Crippen molar-refractivity contribution in [3.05, 3.63) is 168 Å². The van der Waals surface area contributed by atoms with Crippen LogP contribution in [0.25, 0.3) is 9.81 Å². The lowest BCUT2D eigenvalue weighted by atomic mass is 10.1. The molecule has 0 unspecified atom stereocenters. The van der Waals surface area contributed by atoms with Crippen LogP contribution in [0.2, 0.25) is 0 Å². The summed E-state index contributed by atoms with van der Waals surface area (Å²) in [6, 6.07) is 40.2. The van der Waals surface area contributed by atoms with Gasteiger partial charge in [0.2, 0.25) is 0 Å². The van der Waals surface area contributed by atoms with Crippen LogP contribution in [0.1, 0.15) is 58.2 Å². The third kappa shape index (κ3) is 9.03. The Balaban J connectivity index is 0.000000204. The van der Waals surface area contributed by atoms with Crippen LogP contribution in [0.4, 0.5) is 11.4 Å². The molecular formula is C45H46N4O8S2. The Morgan fingerprint density at radius 1 is 0.525 bits per heavy atom. The molecule has 5 aromatic rings. The van der Waals surface area contributed by atoms with Gasteiger partial charge in [-0.1, -0.05) is 91.0 Å². The van der Waals surface area contributed by atoms with Gasteiger partial charge < -0.3 is 20.5 Å². The van der Waals surface area contributed by atoms with E-state index in [-0.39, 0.29) is 27.0 Å². The molecule has 2 heterocycles. The number of nitrogens with one attached hydrogen (secondary N) is 2. The number of rotatable bonds is 9. The molecule has 0 fully saturated rings. The second-order valence-electron chi connectivity index (χ2n) is 15.7. The smallest absolute Gasteiger partial charge is 0.285 e. The number of aromatic hydroxyl groups is 1. The number of carbonyl (C=O) groups excluding carboxylic acids is 2. The molecule has 7 rings (SSSR count). The van der Waals surface area contributed by atoms with Crippen LogP contribution in [0.15, 0.2) is 151 Å². The summed E-state index contributed by atoms with van der Waals surface area (Å²) >= 11 is 0. The zero-order valence-corrected chi connectivity index (χ0v) is 35.1. The molecule has 0 saturated carbocycles. The number of hydrogen-bond donors (Lipinski definition) is 3. The van der Waals surface area contributed by atoms with Crippen LogP contribution in [-0.2, 0) is 36.2 Å². The van der Waals surface area contributed by atoms with Crippen molar-refractivity contribution in [2.75, 3.05) is 10.6 Å². The van der Waals surface area contributed by atoms with Gasteiger partial charge in [0.1, 0.15) is 39.3 Å². The summed E-state index contributed by atoms with van der Waals surface area (Å²) in [4.78, 5) is 26.2. The minimum Gasteiger partial charge on any atom is -0.508 e. The van der Waals surface area contributed by atoms with Crippen molar-refractivity contribution in [3.8, 4) is 11.5 Å². The molecule has 2 aliphatic rings. The van der Waals surface area contributed by atoms with Crippen LogP contribution >= 0.6 is 0 Å². The lowest BCUT2D eigenvalue weighted by Crippen LogP contribution is -2.46. The van der Waals surface area contributed by atoms with Gasteiger partial charge in [0.05, 0.1) is 11.1 Å². The normalized spacial score (nSPS) is 16.2. The zero-order valence-electron chi connectivity index (χ0n) is 33.5. The quantitative estimate of drug-likeness (QED) is 0.124. The van der Waals surface area contributed by atoms with E-state index >= 15 is 0 Å². The van der Waals surface area contributed by atoms with Gasteiger partial charge in [-0.2, -0.15) is 0 Å². The molecule has 306 valence electrons. The molecule has 12 nitrogen and oxygen atoms in total. The van der Waals surface area contributed by atoms with Crippen molar-refractivity contribution >= 4 is 53.0 Å². The van der Waals surface area contributed by atoms with Crippen LogP contribution in [0.5, 0.6) is 11.5 Å². The largest absolute Gasteiger partial charge is 0.508 e. The first-order chi connectivity index (χ1) is 27.8. The van der Waals surface area contributed by atoms with E-state index in [1.165, 1.54) is 12.1 Å². The highest BCUT2D eigenvalue weighted by atomic mass is 32.2. The average Bonchev–Trinajstić information content (AvgIpc) is 3.52. The van der Waals surface area contributed by atoms with Crippen LogP contribution < -0.4 is 15.4 Å². The van der Waals surface area contributed by atoms with Gasteiger partial charge in [0.25, 0.3) is 31.9 Å². The SMILES string of the molecule is CC(C)(C)N1C(=O)C(Nc2ccc(O)cc2)=C(c2ccccc2)S1(=O)=O.CC(C)(C)N1C(=O)C(Nc2ccc(OCc3ccccc3)cc2)=C(c2ccccc2)S1(=O)=O. The molecule has 2 amide bonds. The molecule has 0 aliphatic carbocycles. The summed E-state index contributed by atoms with van der Waals surface area (Å²) in [6.45, 7) is 10.6. The Kier molecular flexibility index (Phi) is 11.8. The van der Waals surface area contributed by atoms with E-state index in [9.17, 15) is 31.5 Å². The second kappa shape index (κ2) is 16.5. The molecule has 0 saturated heterocycles. The Bertz CT molecular complexity index is 2620. The molecule has 2 aliphatic heterocycles. The van der Waals surface area contributed by atoms with Crippen molar-refractivity contribution < 1.29 is 36.3 Å². The lowest BCUT2D eigenvalue weighted by molar-refractivity contribution is -0.125. The monoisotopic (exact) mass is 834 g/mol.